The van der Waals surface area contributed by atoms with Crippen molar-refractivity contribution >= 4 is 5.97 Å². The summed E-state index contributed by atoms with van der Waals surface area (Å²) < 4.78 is 23.3. The molecule has 2 saturated heterocycles. The number of benzene rings is 1. The van der Waals surface area contributed by atoms with Crippen LogP contribution in [0.25, 0.3) is 0 Å². The Balaban J connectivity index is 1.95. The minimum absolute atomic E-state index is 0.112. The smallest absolute Gasteiger partial charge is 0.314 e. The highest BCUT2D eigenvalue weighted by molar-refractivity contribution is 5.73. The van der Waals surface area contributed by atoms with Crippen LogP contribution in [0.3, 0.4) is 0 Å². The van der Waals surface area contributed by atoms with Crippen LogP contribution in [0.5, 0.6) is 0 Å². The first kappa shape index (κ1) is 29.0. The summed E-state index contributed by atoms with van der Waals surface area (Å²) in [5, 5.41) is 33.6. The molecule has 3 rings (SSSR count). The minimum Gasteiger partial charge on any atom is -0.457 e. The van der Waals surface area contributed by atoms with Crippen LogP contribution in [0.2, 0.25) is 0 Å². The zero-order valence-corrected chi connectivity index (χ0v) is 22.2. The summed E-state index contributed by atoms with van der Waals surface area (Å²) in [6.45, 7) is 5.36. The van der Waals surface area contributed by atoms with Gasteiger partial charge >= 0.3 is 5.97 Å². The molecule has 2 fully saturated rings. The molecule has 0 amide bonds. The Hall–Kier alpha value is -1.55. The Morgan fingerprint density at radius 1 is 0.944 bits per heavy atom. The number of rotatable bonds is 3. The lowest BCUT2D eigenvalue weighted by Crippen LogP contribution is -2.67. The van der Waals surface area contributed by atoms with Crippen LogP contribution in [-0.2, 0) is 23.7 Å². The normalized spacial score (nSPS) is 41.4. The molecule has 8 nitrogen and oxygen atoms in total. The Morgan fingerprint density at radius 3 is 2.25 bits per heavy atom. The molecule has 0 saturated carbocycles. The van der Waals surface area contributed by atoms with E-state index in [4.69, 9.17) is 18.9 Å². The molecule has 36 heavy (non-hydrogen) atoms. The molecule has 3 N–H and O–H groups in total. The number of hydrogen-bond donors (Lipinski definition) is 3. The van der Waals surface area contributed by atoms with Gasteiger partial charge in [-0.1, -0.05) is 50.6 Å². The Kier molecular flexibility index (Phi) is 10.3. The molecular weight excluding hydrogens is 464 g/mol. The molecule has 204 valence electrons. The van der Waals surface area contributed by atoms with Crippen LogP contribution in [0.4, 0.5) is 0 Å². The molecule has 1 aromatic carbocycles. The van der Waals surface area contributed by atoms with Gasteiger partial charge in [0.25, 0.3) is 0 Å². The van der Waals surface area contributed by atoms with E-state index in [1.807, 2.05) is 44.2 Å². The fourth-order valence-electron chi connectivity index (χ4n) is 5.70. The van der Waals surface area contributed by atoms with Gasteiger partial charge in [-0.15, -0.1) is 0 Å². The number of esters is 1. The van der Waals surface area contributed by atoms with E-state index in [1.165, 1.54) is 7.11 Å². The summed E-state index contributed by atoms with van der Waals surface area (Å²) in [7, 11) is 3.00. The van der Waals surface area contributed by atoms with Gasteiger partial charge in [0, 0.05) is 20.1 Å². The summed E-state index contributed by atoms with van der Waals surface area (Å²) in [6.07, 6.45) is -0.226. The molecule has 2 bridgehead atoms. The van der Waals surface area contributed by atoms with E-state index in [1.54, 1.807) is 14.0 Å². The third-order valence-electron chi connectivity index (χ3n) is 8.17. The van der Waals surface area contributed by atoms with Gasteiger partial charge in [0.1, 0.15) is 18.1 Å². The van der Waals surface area contributed by atoms with E-state index < -0.39 is 48.2 Å². The predicted molar refractivity (Wildman–Crippen MR) is 134 cm³/mol. The number of hydrogen-bond acceptors (Lipinski definition) is 8. The second-order valence-corrected chi connectivity index (χ2v) is 10.6. The van der Waals surface area contributed by atoms with E-state index in [2.05, 4.69) is 0 Å². The number of fused-ring (bicyclic) bond motifs is 2. The highest BCUT2D eigenvalue weighted by Gasteiger charge is 2.58. The number of aliphatic hydroxyl groups is 3. The molecule has 0 aromatic heterocycles. The zero-order valence-electron chi connectivity index (χ0n) is 22.2. The average molecular weight is 509 g/mol. The maximum Gasteiger partial charge on any atom is 0.314 e. The van der Waals surface area contributed by atoms with Gasteiger partial charge in [-0.05, 0) is 50.5 Å². The third kappa shape index (κ3) is 6.29. The van der Waals surface area contributed by atoms with Crippen molar-refractivity contribution in [1.82, 2.24) is 0 Å². The van der Waals surface area contributed by atoms with Crippen LogP contribution < -0.4 is 0 Å². The standard InChI is InChI=1S/C28H44O8/c1-17-15-16-21(29)23(33-4)14-10-9-13-22(20-11-7-6-8-12-20)35-27(31)19(3)28(32)26(34-5)24(30)18(2)25(17)36-28/h6-8,11-12,17-19,21-26,29-30,32H,9-10,13-16H2,1-5H3/t17-,18-,19+,21+,22-,23-,24-,25-,26+,28+/m0/s1. The monoisotopic (exact) mass is 508 g/mol. The van der Waals surface area contributed by atoms with Crippen molar-refractivity contribution < 1.29 is 39.1 Å². The number of aliphatic hydroxyl groups excluding tert-OH is 2. The van der Waals surface area contributed by atoms with Crippen molar-refractivity contribution in [3.8, 4) is 0 Å². The Labute approximate surface area is 214 Å². The topological polar surface area (TPSA) is 115 Å². The van der Waals surface area contributed by atoms with E-state index in [9.17, 15) is 20.1 Å². The SMILES string of the molecule is CO[C@H]1CCCC[C@@H](c2ccccc2)OC(=O)[C@@H](C)[C@@]2(O)O[C@H]([C@@H](C)[C@H](O)[C@H]2OC)[C@@H](C)CC[C@H]1O. The zero-order chi connectivity index (χ0) is 26.5. The maximum absolute atomic E-state index is 13.4. The lowest BCUT2D eigenvalue weighted by atomic mass is 9.77. The first-order valence-corrected chi connectivity index (χ1v) is 13.2. The molecular formula is C28H44O8. The quantitative estimate of drug-likeness (QED) is 0.533. The number of methoxy groups -OCH3 is 2. The van der Waals surface area contributed by atoms with E-state index >= 15 is 0 Å². The molecule has 2 aliphatic rings. The molecule has 10 atom stereocenters. The van der Waals surface area contributed by atoms with Crippen molar-refractivity contribution in [2.45, 2.75) is 102 Å². The molecule has 2 heterocycles. The van der Waals surface area contributed by atoms with Crippen LogP contribution in [0, 0.1) is 17.8 Å². The van der Waals surface area contributed by atoms with Crippen molar-refractivity contribution in [2.75, 3.05) is 14.2 Å². The first-order chi connectivity index (χ1) is 17.1. The van der Waals surface area contributed by atoms with Crippen LogP contribution in [0.15, 0.2) is 30.3 Å². The first-order valence-electron chi connectivity index (χ1n) is 13.2. The molecule has 0 spiro atoms. The summed E-state index contributed by atoms with van der Waals surface area (Å²) >= 11 is 0. The van der Waals surface area contributed by atoms with Gasteiger partial charge in [0.05, 0.1) is 24.4 Å². The predicted octanol–water partition coefficient (Wildman–Crippen LogP) is 3.37. The van der Waals surface area contributed by atoms with Crippen LogP contribution in [-0.4, -0.2) is 71.8 Å². The van der Waals surface area contributed by atoms with Crippen LogP contribution >= 0.6 is 0 Å². The van der Waals surface area contributed by atoms with Gasteiger partial charge < -0.3 is 34.3 Å². The molecule has 0 radical (unpaired) electrons. The average Bonchev–Trinajstić information content (AvgIpc) is 2.88. The van der Waals surface area contributed by atoms with Crippen molar-refractivity contribution in [1.29, 1.82) is 0 Å². The third-order valence-corrected chi connectivity index (χ3v) is 8.17. The van der Waals surface area contributed by atoms with Gasteiger partial charge in [0.2, 0.25) is 5.79 Å². The summed E-state index contributed by atoms with van der Waals surface area (Å²) in [6, 6.07) is 9.52. The lowest BCUT2D eigenvalue weighted by molar-refractivity contribution is -0.362. The molecule has 0 aliphatic carbocycles. The second-order valence-electron chi connectivity index (χ2n) is 10.6. The van der Waals surface area contributed by atoms with E-state index in [0.29, 0.717) is 25.7 Å². The number of carbonyl (C=O) groups is 1. The van der Waals surface area contributed by atoms with Crippen molar-refractivity contribution in [2.24, 2.45) is 17.8 Å². The summed E-state index contributed by atoms with van der Waals surface area (Å²) in [4.78, 5) is 13.4. The number of cyclic esters (lactones) is 1. The second kappa shape index (κ2) is 12.8. The fraction of sp³-hybridized carbons (Fsp3) is 0.750. The number of carbonyl (C=O) groups excluding carboxylic acids is 1. The van der Waals surface area contributed by atoms with Gasteiger partial charge in [-0.25, -0.2) is 0 Å². The summed E-state index contributed by atoms with van der Waals surface area (Å²) in [5.74, 6) is -4.28. The van der Waals surface area contributed by atoms with Gasteiger partial charge in [-0.3, -0.25) is 4.79 Å². The highest BCUT2D eigenvalue weighted by atomic mass is 16.7. The fourth-order valence-corrected chi connectivity index (χ4v) is 5.70. The van der Waals surface area contributed by atoms with E-state index in [0.717, 1.165) is 18.4 Å². The largest absolute Gasteiger partial charge is 0.457 e. The molecule has 2 aliphatic heterocycles. The van der Waals surface area contributed by atoms with Crippen molar-refractivity contribution in [3.05, 3.63) is 35.9 Å². The van der Waals surface area contributed by atoms with Gasteiger partial charge in [-0.2, -0.15) is 0 Å². The van der Waals surface area contributed by atoms with Crippen LogP contribution in [0.1, 0.15) is 71.0 Å². The lowest BCUT2D eigenvalue weighted by Gasteiger charge is -2.51. The van der Waals surface area contributed by atoms with Gasteiger partial charge in [0.15, 0.2) is 0 Å². The van der Waals surface area contributed by atoms with Crippen molar-refractivity contribution in [3.63, 3.8) is 0 Å². The molecule has 1 aromatic rings. The number of ether oxygens (including phenoxy) is 4. The Bertz CT molecular complexity index is 819. The minimum atomic E-state index is -2.08. The Morgan fingerprint density at radius 2 is 1.61 bits per heavy atom. The molecule has 8 heteroatoms. The highest BCUT2D eigenvalue weighted by Crippen LogP contribution is 2.42. The van der Waals surface area contributed by atoms with E-state index in [-0.39, 0.29) is 17.9 Å². The molecule has 0 unspecified atom stereocenters. The summed E-state index contributed by atoms with van der Waals surface area (Å²) in [5.41, 5.74) is 0.863. The maximum atomic E-state index is 13.4.